The van der Waals surface area contributed by atoms with Gasteiger partial charge >= 0.3 is 0 Å². The number of amides is 1. The number of hydroxylamine groups is 1. The summed E-state index contributed by atoms with van der Waals surface area (Å²) in [5, 5.41) is 1.04. The normalized spacial score (nSPS) is 15.7. The van der Waals surface area contributed by atoms with E-state index in [1.807, 2.05) is 0 Å². The second-order valence-corrected chi connectivity index (χ2v) is 5.10. The number of hydrogen-bond acceptors (Lipinski definition) is 2. The Bertz CT molecular complexity index is 635. The standard InChI is InChI=1S/C16H16FNO2/c17-15-10-9-14(12-7-3-4-8-13(12)15)16(19)18-20-11-5-1-2-6-11/h3-4,7-11H,1-2,5-6H2,(H,18,19). The number of hydrogen-bond donors (Lipinski definition) is 1. The van der Waals surface area contributed by atoms with Crippen molar-refractivity contribution in [2.75, 3.05) is 0 Å². The molecule has 20 heavy (non-hydrogen) atoms. The first-order valence-electron chi connectivity index (χ1n) is 6.89. The smallest absolute Gasteiger partial charge is 0.270 e. The lowest BCUT2D eigenvalue weighted by Crippen LogP contribution is -2.28. The van der Waals surface area contributed by atoms with Crippen molar-refractivity contribution in [1.82, 2.24) is 5.48 Å². The van der Waals surface area contributed by atoms with Gasteiger partial charge in [0.25, 0.3) is 5.91 Å². The Kier molecular flexibility index (Phi) is 3.65. The van der Waals surface area contributed by atoms with E-state index in [1.165, 1.54) is 12.1 Å². The highest BCUT2D eigenvalue weighted by atomic mass is 19.1. The summed E-state index contributed by atoms with van der Waals surface area (Å²) in [4.78, 5) is 17.6. The first-order valence-corrected chi connectivity index (χ1v) is 6.89. The lowest BCUT2D eigenvalue weighted by molar-refractivity contribution is -0.0123. The molecule has 1 saturated carbocycles. The van der Waals surface area contributed by atoms with Crippen molar-refractivity contribution in [3.05, 3.63) is 47.8 Å². The topological polar surface area (TPSA) is 38.3 Å². The number of carbonyl (C=O) groups is 1. The molecule has 0 spiro atoms. The molecular weight excluding hydrogens is 257 g/mol. The van der Waals surface area contributed by atoms with Crippen LogP contribution in [0, 0.1) is 5.82 Å². The van der Waals surface area contributed by atoms with Crippen LogP contribution < -0.4 is 5.48 Å². The van der Waals surface area contributed by atoms with E-state index in [-0.39, 0.29) is 17.8 Å². The Labute approximate surface area is 116 Å². The average Bonchev–Trinajstić information content (AvgIpc) is 2.99. The zero-order valence-corrected chi connectivity index (χ0v) is 11.1. The number of nitrogens with one attached hydrogen (secondary N) is 1. The van der Waals surface area contributed by atoms with E-state index in [9.17, 15) is 9.18 Å². The number of rotatable bonds is 3. The van der Waals surface area contributed by atoms with Crippen molar-refractivity contribution in [3.8, 4) is 0 Å². The van der Waals surface area contributed by atoms with Crippen LogP contribution in [-0.2, 0) is 4.84 Å². The Morgan fingerprint density at radius 1 is 1.10 bits per heavy atom. The molecule has 1 N–H and O–H groups in total. The van der Waals surface area contributed by atoms with Crippen LogP contribution in [0.25, 0.3) is 10.8 Å². The third-order valence-corrected chi connectivity index (χ3v) is 3.74. The monoisotopic (exact) mass is 273 g/mol. The van der Waals surface area contributed by atoms with Gasteiger partial charge in [-0.2, -0.15) is 0 Å². The lowest BCUT2D eigenvalue weighted by Gasteiger charge is -2.12. The highest BCUT2D eigenvalue weighted by molar-refractivity contribution is 6.06. The quantitative estimate of drug-likeness (QED) is 0.868. The summed E-state index contributed by atoms with van der Waals surface area (Å²) in [7, 11) is 0. The molecule has 0 heterocycles. The Hall–Kier alpha value is -1.94. The molecule has 0 unspecified atom stereocenters. The van der Waals surface area contributed by atoms with Crippen molar-refractivity contribution in [2.24, 2.45) is 0 Å². The van der Waals surface area contributed by atoms with Crippen LogP contribution >= 0.6 is 0 Å². The predicted octanol–water partition coefficient (Wildman–Crippen LogP) is 3.58. The third kappa shape index (κ3) is 2.51. The fourth-order valence-corrected chi connectivity index (χ4v) is 2.66. The van der Waals surface area contributed by atoms with Gasteiger partial charge in [-0.25, -0.2) is 9.87 Å². The van der Waals surface area contributed by atoms with Crippen LogP contribution in [0.5, 0.6) is 0 Å². The molecule has 0 atom stereocenters. The highest BCUT2D eigenvalue weighted by Crippen LogP contribution is 2.23. The molecule has 0 aliphatic heterocycles. The minimum Gasteiger partial charge on any atom is -0.270 e. The number of halogens is 1. The van der Waals surface area contributed by atoms with Crippen LogP contribution in [0.3, 0.4) is 0 Å². The molecule has 0 bridgehead atoms. The van der Waals surface area contributed by atoms with E-state index in [4.69, 9.17) is 4.84 Å². The van der Waals surface area contributed by atoms with Crippen molar-refractivity contribution in [3.63, 3.8) is 0 Å². The summed E-state index contributed by atoms with van der Waals surface area (Å²) in [6, 6.07) is 9.75. The Morgan fingerprint density at radius 2 is 1.80 bits per heavy atom. The molecule has 0 radical (unpaired) electrons. The second-order valence-electron chi connectivity index (χ2n) is 5.10. The van der Waals surface area contributed by atoms with Crippen molar-refractivity contribution >= 4 is 16.7 Å². The van der Waals surface area contributed by atoms with Gasteiger partial charge in [0.15, 0.2) is 0 Å². The summed E-state index contributed by atoms with van der Waals surface area (Å²) in [6.45, 7) is 0. The van der Waals surface area contributed by atoms with E-state index < -0.39 is 0 Å². The van der Waals surface area contributed by atoms with Crippen molar-refractivity contribution in [2.45, 2.75) is 31.8 Å². The van der Waals surface area contributed by atoms with E-state index in [2.05, 4.69) is 5.48 Å². The molecule has 1 aliphatic rings. The molecule has 1 aliphatic carbocycles. The Morgan fingerprint density at radius 3 is 2.55 bits per heavy atom. The van der Waals surface area contributed by atoms with Crippen molar-refractivity contribution in [1.29, 1.82) is 0 Å². The summed E-state index contributed by atoms with van der Waals surface area (Å²) < 4.78 is 13.7. The molecule has 4 heteroatoms. The minimum absolute atomic E-state index is 0.102. The number of carbonyl (C=O) groups excluding carboxylic acids is 1. The van der Waals surface area contributed by atoms with Gasteiger partial charge in [-0.1, -0.05) is 37.1 Å². The molecule has 0 aromatic heterocycles. The summed E-state index contributed by atoms with van der Waals surface area (Å²) in [5.41, 5.74) is 2.92. The lowest BCUT2D eigenvalue weighted by atomic mass is 10.0. The first kappa shape index (κ1) is 13.1. The van der Waals surface area contributed by atoms with Crippen molar-refractivity contribution < 1.29 is 14.0 Å². The minimum atomic E-state index is -0.326. The van der Waals surface area contributed by atoms with Gasteiger partial charge in [-0.3, -0.25) is 9.63 Å². The zero-order valence-electron chi connectivity index (χ0n) is 11.1. The first-order chi connectivity index (χ1) is 9.75. The van der Waals surface area contributed by atoms with E-state index in [0.29, 0.717) is 16.3 Å². The molecule has 3 rings (SSSR count). The maximum atomic E-state index is 13.7. The summed E-state index contributed by atoms with van der Waals surface area (Å²) >= 11 is 0. The van der Waals surface area contributed by atoms with Crippen LogP contribution in [-0.4, -0.2) is 12.0 Å². The highest BCUT2D eigenvalue weighted by Gasteiger charge is 2.18. The maximum absolute atomic E-state index is 13.7. The number of fused-ring (bicyclic) bond motifs is 1. The maximum Gasteiger partial charge on any atom is 0.275 e. The van der Waals surface area contributed by atoms with Gasteiger partial charge in [-0.15, -0.1) is 0 Å². The summed E-state index contributed by atoms with van der Waals surface area (Å²) in [5.74, 6) is -0.651. The van der Waals surface area contributed by atoms with E-state index in [0.717, 1.165) is 25.7 Å². The van der Waals surface area contributed by atoms with Gasteiger partial charge < -0.3 is 0 Å². The molecule has 2 aromatic rings. The molecule has 2 aromatic carbocycles. The van der Waals surface area contributed by atoms with Gasteiger partial charge in [-0.05, 0) is 30.4 Å². The fraction of sp³-hybridized carbons (Fsp3) is 0.312. The average molecular weight is 273 g/mol. The van der Waals surface area contributed by atoms with Gasteiger partial charge in [0, 0.05) is 10.9 Å². The Balaban J connectivity index is 1.82. The third-order valence-electron chi connectivity index (χ3n) is 3.74. The largest absolute Gasteiger partial charge is 0.275 e. The SMILES string of the molecule is O=C(NOC1CCCC1)c1ccc(F)c2ccccc12. The number of benzene rings is 2. The van der Waals surface area contributed by atoms with Gasteiger partial charge in [0.2, 0.25) is 0 Å². The van der Waals surface area contributed by atoms with Crippen LogP contribution in [0.15, 0.2) is 36.4 Å². The summed E-state index contributed by atoms with van der Waals surface area (Å²) in [6.07, 6.45) is 4.33. The van der Waals surface area contributed by atoms with Crippen LogP contribution in [0.2, 0.25) is 0 Å². The molecule has 1 amide bonds. The molecule has 0 saturated heterocycles. The molecular formula is C16H16FNO2. The second kappa shape index (κ2) is 5.59. The van der Waals surface area contributed by atoms with Crippen LogP contribution in [0.4, 0.5) is 4.39 Å². The van der Waals surface area contributed by atoms with E-state index >= 15 is 0 Å². The predicted molar refractivity (Wildman–Crippen MR) is 74.7 cm³/mol. The molecule has 3 nitrogen and oxygen atoms in total. The van der Waals surface area contributed by atoms with E-state index in [1.54, 1.807) is 24.3 Å². The molecule has 1 fully saturated rings. The zero-order chi connectivity index (χ0) is 13.9. The fourth-order valence-electron chi connectivity index (χ4n) is 2.66. The van der Waals surface area contributed by atoms with Gasteiger partial charge in [0.1, 0.15) is 5.82 Å². The van der Waals surface area contributed by atoms with Crippen LogP contribution in [0.1, 0.15) is 36.0 Å². The molecule has 104 valence electrons. The van der Waals surface area contributed by atoms with Gasteiger partial charge in [0.05, 0.1) is 6.10 Å².